The van der Waals surface area contributed by atoms with E-state index in [2.05, 4.69) is 0 Å². The van der Waals surface area contributed by atoms with E-state index in [-0.39, 0.29) is 12.7 Å². The first kappa shape index (κ1) is 13.6. The molecule has 0 saturated carbocycles. The molecule has 104 valence electrons. The number of hydrogen-bond donors (Lipinski definition) is 3. The fraction of sp³-hybridized carbons (Fsp3) is 0.500. The molecule has 19 heavy (non-hydrogen) atoms. The van der Waals surface area contributed by atoms with Crippen molar-refractivity contribution in [2.45, 2.75) is 24.9 Å². The van der Waals surface area contributed by atoms with Gasteiger partial charge in [-0.1, -0.05) is 0 Å². The number of aromatic nitrogens is 2. The molecule has 1 aromatic heterocycles. The number of carbonyl (C=O) groups is 1. The van der Waals surface area contributed by atoms with E-state index in [1.165, 1.54) is 0 Å². The van der Waals surface area contributed by atoms with Crippen molar-refractivity contribution in [3.8, 4) is 0 Å². The summed E-state index contributed by atoms with van der Waals surface area (Å²) in [5, 5.41) is 18.5. The summed E-state index contributed by atoms with van der Waals surface area (Å²) < 4.78 is 19.2. The maximum Gasteiger partial charge on any atom is 0.331 e. The van der Waals surface area contributed by atoms with Crippen molar-refractivity contribution in [3.05, 3.63) is 32.3 Å². The van der Waals surface area contributed by atoms with Crippen LogP contribution in [0.5, 0.6) is 0 Å². The number of aliphatic hydroxyl groups is 2. The zero-order chi connectivity index (χ0) is 14.2. The molecular weight excluding hydrogens is 263 g/mol. The standard InChI is InChI=1S/C10H11FN2O6/c11-8-4(2-14)13(10(18)12-9(8)17)7-1-5(16)6(3-15)19-7/h2,5-7,15-16H,1,3H2,(H,12,17,18)/t5-,6+,7+/m0/s1. The number of aldehydes is 1. The smallest absolute Gasteiger partial charge is 0.331 e. The van der Waals surface area contributed by atoms with Gasteiger partial charge in [0.2, 0.25) is 5.82 Å². The molecule has 3 atom stereocenters. The van der Waals surface area contributed by atoms with Crippen molar-refractivity contribution in [1.29, 1.82) is 0 Å². The van der Waals surface area contributed by atoms with E-state index in [1.807, 2.05) is 0 Å². The van der Waals surface area contributed by atoms with Gasteiger partial charge in [0.1, 0.15) is 18.0 Å². The first-order chi connectivity index (χ1) is 8.99. The first-order valence-corrected chi connectivity index (χ1v) is 5.43. The predicted molar refractivity (Wildman–Crippen MR) is 58.3 cm³/mol. The third-order valence-corrected chi connectivity index (χ3v) is 2.91. The van der Waals surface area contributed by atoms with E-state index < -0.39 is 47.8 Å². The Balaban J connectivity index is 2.52. The van der Waals surface area contributed by atoms with Gasteiger partial charge in [0.05, 0.1) is 12.7 Å². The lowest BCUT2D eigenvalue weighted by Gasteiger charge is -2.16. The molecule has 0 bridgehead atoms. The largest absolute Gasteiger partial charge is 0.394 e. The van der Waals surface area contributed by atoms with Gasteiger partial charge in [0.15, 0.2) is 6.29 Å². The van der Waals surface area contributed by atoms with E-state index >= 15 is 0 Å². The van der Waals surface area contributed by atoms with Crippen LogP contribution in [0.2, 0.25) is 0 Å². The van der Waals surface area contributed by atoms with Crippen molar-refractivity contribution in [2.75, 3.05) is 6.61 Å². The van der Waals surface area contributed by atoms with Crippen molar-refractivity contribution in [2.24, 2.45) is 0 Å². The van der Waals surface area contributed by atoms with Gasteiger partial charge in [-0.25, -0.2) is 4.79 Å². The Bertz CT molecular complexity index is 609. The molecule has 0 spiro atoms. The average molecular weight is 274 g/mol. The Morgan fingerprint density at radius 3 is 2.74 bits per heavy atom. The van der Waals surface area contributed by atoms with E-state index in [9.17, 15) is 23.9 Å². The zero-order valence-corrected chi connectivity index (χ0v) is 9.58. The molecular formula is C10H11FN2O6. The normalized spacial score (nSPS) is 26.6. The number of nitrogens with zero attached hydrogens (tertiary/aromatic N) is 1. The van der Waals surface area contributed by atoms with Gasteiger partial charge in [0.25, 0.3) is 5.56 Å². The summed E-state index contributed by atoms with van der Waals surface area (Å²) in [4.78, 5) is 35.2. The summed E-state index contributed by atoms with van der Waals surface area (Å²) in [5.74, 6) is -1.40. The molecule has 8 nitrogen and oxygen atoms in total. The van der Waals surface area contributed by atoms with Crippen molar-refractivity contribution in [1.82, 2.24) is 9.55 Å². The lowest BCUT2D eigenvalue weighted by atomic mass is 10.2. The van der Waals surface area contributed by atoms with Gasteiger partial charge in [-0.05, 0) is 0 Å². The summed E-state index contributed by atoms with van der Waals surface area (Å²) in [7, 11) is 0. The highest BCUT2D eigenvalue weighted by Crippen LogP contribution is 2.28. The van der Waals surface area contributed by atoms with E-state index in [1.54, 1.807) is 4.98 Å². The van der Waals surface area contributed by atoms with Gasteiger partial charge in [-0.2, -0.15) is 4.39 Å². The molecule has 1 aliphatic rings. The Labute approximate surface area is 105 Å². The monoisotopic (exact) mass is 274 g/mol. The van der Waals surface area contributed by atoms with Gasteiger partial charge in [-0.15, -0.1) is 0 Å². The Morgan fingerprint density at radius 2 is 2.21 bits per heavy atom. The van der Waals surface area contributed by atoms with Crippen LogP contribution < -0.4 is 11.2 Å². The molecule has 9 heteroatoms. The van der Waals surface area contributed by atoms with E-state index in [0.29, 0.717) is 4.57 Å². The molecule has 3 N–H and O–H groups in total. The summed E-state index contributed by atoms with van der Waals surface area (Å²) in [6.45, 7) is -0.491. The van der Waals surface area contributed by atoms with Crippen LogP contribution in [0.1, 0.15) is 23.1 Å². The van der Waals surface area contributed by atoms with Gasteiger partial charge in [0, 0.05) is 6.42 Å². The highest BCUT2D eigenvalue weighted by atomic mass is 19.1. The van der Waals surface area contributed by atoms with Crippen LogP contribution >= 0.6 is 0 Å². The SMILES string of the molecule is O=Cc1c(F)c(=O)[nH]c(=O)n1[C@H]1C[C@H](O)[C@@H](CO)O1. The summed E-state index contributed by atoms with van der Waals surface area (Å²) in [5.41, 5.74) is -3.09. The van der Waals surface area contributed by atoms with E-state index in [4.69, 9.17) is 9.84 Å². The lowest BCUT2D eigenvalue weighted by molar-refractivity contribution is -0.0466. The lowest BCUT2D eigenvalue weighted by Crippen LogP contribution is -2.37. The zero-order valence-electron chi connectivity index (χ0n) is 9.58. The third-order valence-electron chi connectivity index (χ3n) is 2.91. The second-order valence-corrected chi connectivity index (χ2v) is 4.06. The second kappa shape index (κ2) is 5.03. The average Bonchev–Trinajstić information content (AvgIpc) is 2.74. The number of aliphatic hydroxyl groups excluding tert-OH is 2. The third kappa shape index (κ3) is 2.23. The number of rotatable bonds is 3. The fourth-order valence-electron chi connectivity index (χ4n) is 1.98. The van der Waals surface area contributed by atoms with Crippen LogP contribution in [0.4, 0.5) is 4.39 Å². The van der Waals surface area contributed by atoms with Gasteiger partial charge < -0.3 is 14.9 Å². The molecule has 1 fully saturated rings. The Kier molecular flexibility index (Phi) is 3.60. The highest BCUT2D eigenvalue weighted by Gasteiger charge is 2.36. The minimum atomic E-state index is -1.40. The Morgan fingerprint density at radius 1 is 1.53 bits per heavy atom. The van der Waals surface area contributed by atoms with Gasteiger partial charge in [-0.3, -0.25) is 19.1 Å². The molecule has 1 aliphatic heterocycles. The molecule has 2 rings (SSSR count). The van der Waals surface area contributed by atoms with Crippen LogP contribution in [-0.4, -0.2) is 44.9 Å². The minimum Gasteiger partial charge on any atom is -0.394 e. The number of nitrogens with one attached hydrogen (secondary N) is 1. The van der Waals surface area contributed by atoms with Crippen LogP contribution in [0.15, 0.2) is 9.59 Å². The summed E-state index contributed by atoms with van der Waals surface area (Å²) in [6.07, 6.45) is -3.22. The van der Waals surface area contributed by atoms with Crippen LogP contribution in [-0.2, 0) is 4.74 Å². The first-order valence-electron chi connectivity index (χ1n) is 5.43. The molecule has 2 heterocycles. The fourth-order valence-corrected chi connectivity index (χ4v) is 1.98. The highest BCUT2D eigenvalue weighted by molar-refractivity contribution is 5.72. The topological polar surface area (TPSA) is 122 Å². The van der Waals surface area contributed by atoms with Crippen LogP contribution in [0.25, 0.3) is 0 Å². The van der Waals surface area contributed by atoms with Crippen molar-refractivity contribution < 1.29 is 24.1 Å². The number of halogens is 1. The second-order valence-electron chi connectivity index (χ2n) is 4.06. The van der Waals surface area contributed by atoms with Crippen LogP contribution in [0.3, 0.4) is 0 Å². The van der Waals surface area contributed by atoms with Gasteiger partial charge >= 0.3 is 5.69 Å². The summed E-state index contributed by atoms with van der Waals surface area (Å²) in [6, 6.07) is 0. The number of hydrogen-bond acceptors (Lipinski definition) is 6. The van der Waals surface area contributed by atoms with Crippen LogP contribution in [0, 0.1) is 5.82 Å². The number of carbonyl (C=O) groups excluding carboxylic acids is 1. The molecule has 0 unspecified atom stereocenters. The Hall–Kier alpha value is -1.84. The van der Waals surface area contributed by atoms with Crippen molar-refractivity contribution in [3.63, 3.8) is 0 Å². The molecule has 0 aliphatic carbocycles. The van der Waals surface area contributed by atoms with Crippen molar-refractivity contribution >= 4 is 6.29 Å². The molecule has 1 saturated heterocycles. The molecule has 0 radical (unpaired) electrons. The minimum absolute atomic E-state index is 0.0218. The molecule has 0 aromatic carbocycles. The molecule has 1 aromatic rings. The number of ether oxygens (including phenoxy) is 1. The summed E-state index contributed by atoms with van der Waals surface area (Å²) >= 11 is 0. The number of aromatic amines is 1. The predicted octanol–water partition coefficient (Wildman–Crippen LogP) is -1.87. The maximum atomic E-state index is 13.5. The quantitative estimate of drug-likeness (QED) is 0.555. The molecule has 0 amide bonds. The van der Waals surface area contributed by atoms with E-state index in [0.717, 1.165) is 0 Å². The number of H-pyrrole nitrogens is 1. The maximum absolute atomic E-state index is 13.5.